The summed E-state index contributed by atoms with van der Waals surface area (Å²) in [4.78, 5) is 12.2. The van der Waals surface area contributed by atoms with Gasteiger partial charge in [0.2, 0.25) is 15.9 Å². The first-order valence-corrected chi connectivity index (χ1v) is 11.0. The number of halogens is 1. The molecule has 0 saturated carbocycles. The Labute approximate surface area is 171 Å². The lowest BCUT2D eigenvalue weighted by Crippen LogP contribution is -2.30. The van der Waals surface area contributed by atoms with Gasteiger partial charge in [0, 0.05) is 32.1 Å². The fourth-order valence-electron chi connectivity index (χ4n) is 2.76. The molecule has 0 radical (unpaired) electrons. The van der Waals surface area contributed by atoms with Gasteiger partial charge >= 0.3 is 0 Å². The molecule has 0 aliphatic carbocycles. The number of sulfonamides is 1. The molecule has 2 aromatic carbocycles. The van der Waals surface area contributed by atoms with E-state index in [-0.39, 0.29) is 23.0 Å². The molecule has 8 heteroatoms. The van der Waals surface area contributed by atoms with Crippen LogP contribution < -0.4 is 10.1 Å². The Morgan fingerprint density at radius 1 is 1.10 bits per heavy atom. The van der Waals surface area contributed by atoms with E-state index in [9.17, 15) is 17.6 Å². The summed E-state index contributed by atoms with van der Waals surface area (Å²) >= 11 is 0. The van der Waals surface area contributed by atoms with Gasteiger partial charge in [0.1, 0.15) is 11.6 Å². The number of carbonyl (C=O) groups is 1. The van der Waals surface area contributed by atoms with Crippen LogP contribution in [0.25, 0.3) is 0 Å². The van der Waals surface area contributed by atoms with Crippen LogP contribution >= 0.6 is 0 Å². The maximum atomic E-state index is 13.1. The first kappa shape index (κ1) is 22.8. The zero-order chi connectivity index (χ0) is 21.3. The second-order valence-electron chi connectivity index (χ2n) is 6.42. The summed E-state index contributed by atoms with van der Waals surface area (Å²) in [5, 5.41) is 2.80. The van der Waals surface area contributed by atoms with Crippen molar-refractivity contribution in [1.82, 2.24) is 9.62 Å². The van der Waals surface area contributed by atoms with Gasteiger partial charge in [-0.2, -0.15) is 4.31 Å². The number of amides is 1. The van der Waals surface area contributed by atoms with Gasteiger partial charge in [-0.05, 0) is 36.2 Å². The van der Waals surface area contributed by atoms with Crippen molar-refractivity contribution in [3.8, 4) is 5.75 Å². The summed E-state index contributed by atoms with van der Waals surface area (Å²) in [6.07, 6.45) is 0.785. The molecule has 0 aliphatic heterocycles. The SMILES string of the molecule is CCN(CC)S(=O)(=O)c1ccc(CNC(=O)CCCOc2cccc(F)c2)cc1. The smallest absolute Gasteiger partial charge is 0.243 e. The lowest BCUT2D eigenvalue weighted by atomic mass is 10.2. The van der Waals surface area contributed by atoms with Crippen LogP contribution in [0.4, 0.5) is 4.39 Å². The zero-order valence-corrected chi connectivity index (χ0v) is 17.5. The molecule has 0 unspecified atom stereocenters. The molecular weight excluding hydrogens is 395 g/mol. The Kier molecular flexibility index (Phi) is 8.60. The van der Waals surface area contributed by atoms with Crippen LogP contribution in [0.1, 0.15) is 32.3 Å². The topological polar surface area (TPSA) is 75.7 Å². The predicted molar refractivity (Wildman–Crippen MR) is 110 cm³/mol. The molecule has 0 fully saturated rings. The minimum absolute atomic E-state index is 0.132. The van der Waals surface area contributed by atoms with E-state index in [1.54, 1.807) is 50.2 Å². The number of carbonyl (C=O) groups excluding carboxylic acids is 1. The second-order valence-corrected chi connectivity index (χ2v) is 8.36. The molecule has 0 aromatic heterocycles. The van der Waals surface area contributed by atoms with Gasteiger partial charge in [-0.3, -0.25) is 4.79 Å². The quantitative estimate of drug-likeness (QED) is 0.564. The molecule has 0 saturated heterocycles. The van der Waals surface area contributed by atoms with E-state index in [0.717, 1.165) is 5.56 Å². The summed E-state index contributed by atoms with van der Waals surface area (Å²) in [6, 6.07) is 12.4. The molecule has 1 N–H and O–H groups in total. The van der Waals surface area contributed by atoms with Crippen molar-refractivity contribution in [2.75, 3.05) is 19.7 Å². The summed E-state index contributed by atoms with van der Waals surface area (Å²) in [5.74, 6) is -0.0611. The van der Waals surface area contributed by atoms with E-state index in [1.165, 1.54) is 16.4 Å². The highest BCUT2D eigenvalue weighted by Crippen LogP contribution is 2.16. The van der Waals surface area contributed by atoms with Crippen molar-refractivity contribution in [3.05, 3.63) is 59.9 Å². The Balaban J connectivity index is 1.76. The monoisotopic (exact) mass is 422 g/mol. The van der Waals surface area contributed by atoms with Crippen molar-refractivity contribution < 1.29 is 22.3 Å². The first-order valence-electron chi connectivity index (χ1n) is 9.61. The first-order chi connectivity index (χ1) is 13.9. The van der Waals surface area contributed by atoms with Crippen LogP contribution in [0, 0.1) is 5.82 Å². The maximum absolute atomic E-state index is 13.1. The molecule has 2 aromatic rings. The van der Waals surface area contributed by atoms with Crippen LogP contribution in [0.5, 0.6) is 5.75 Å². The number of hydrogen-bond acceptors (Lipinski definition) is 4. The molecule has 0 atom stereocenters. The van der Waals surface area contributed by atoms with E-state index >= 15 is 0 Å². The van der Waals surface area contributed by atoms with Gasteiger partial charge < -0.3 is 10.1 Å². The number of ether oxygens (including phenoxy) is 1. The largest absolute Gasteiger partial charge is 0.493 e. The van der Waals surface area contributed by atoms with Crippen molar-refractivity contribution in [3.63, 3.8) is 0 Å². The molecule has 6 nitrogen and oxygen atoms in total. The van der Waals surface area contributed by atoms with Crippen LogP contribution in [0.15, 0.2) is 53.4 Å². The van der Waals surface area contributed by atoms with Crippen molar-refractivity contribution >= 4 is 15.9 Å². The predicted octanol–water partition coefficient (Wildman–Crippen LogP) is 3.33. The third-order valence-corrected chi connectivity index (χ3v) is 6.43. The van der Waals surface area contributed by atoms with Crippen molar-refractivity contribution in [2.45, 2.75) is 38.1 Å². The Morgan fingerprint density at radius 3 is 2.41 bits per heavy atom. The Hall–Kier alpha value is -2.45. The Morgan fingerprint density at radius 2 is 1.79 bits per heavy atom. The van der Waals surface area contributed by atoms with Gasteiger partial charge in [0.25, 0.3) is 0 Å². The third-order valence-electron chi connectivity index (χ3n) is 4.37. The minimum atomic E-state index is -3.48. The fraction of sp³-hybridized carbons (Fsp3) is 0.381. The molecule has 158 valence electrons. The molecule has 29 heavy (non-hydrogen) atoms. The highest BCUT2D eigenvalue weighted by atomic mass is 32.2. The highest BCUT2D eigenvalue weighted by Gasteiger charge is 2.21. The molecule has 2 rings (SSSR count). The summed E-state index contributed by atoms with van der Waals surface area (Å²) < 4.78 is 44.8. The van der Waals surface area contributed by atoms with Gasteiger partial charge in [-0.25, -0.2) is 12.8 Å². The Bertz CT molecular complexity index is 897. The zero-order valence-electron chi connectivity index (χ0n) is 16.7. The summed E-state index contributed by atoms with van der Waals surface area (Å²) in [5.41, 5.74) is 0.813. The van der Waals surface area contributed by atoms with Crippen molar-refractivity contribution in [2.24, 2.45) is 0 Å². The molecule has 0 heterocycles. The lowest BCUT2D eigenvalue weighted by molar-refractivity contribution is -0.121. The number of nitrogens with one attached hydrogen (secondary N) is 1. The summed E-state index contributed by atoms with van der Waals surface area (Å²) in [7, 11) is -3.48. The van der Waals surface area contributed by atoms with E-state index in [1.807, 2.05) is 0 Å². The van der Waals surface area contributed by atoms with Crippen LogP contribution in [-0.2, 0) is 21.4 Å². The number of rotatable bonds is 11. The highest BCUT2D eigenvalue weighted by molar-refractivity contribution is 7.89. The molecule has 0 spiro atoms. The van der Waals surface area contributed by atoms with E-state index in [2.05, 4.69) is 5.32 Å². The number of hydrogen-bond donors (Lipinski definition) is 1. The molecule has 0 bridgehead atoms. The van der Waals surface area contributed by atoms with E-state index < -0.39 is 10.0 Å². The second kappa shape index (κ2) is 10.9. The number of nitrogens with zero attached hydrogens (tertiary/aromatic N) is 1. The van der Waals surface area contributed by atoms with Crippen molar-refractivity contribution in [1.29, 1.82) is 0 Å². The van der Waals surface area contributed by atoms with Crippen LogP contribution in [0.2, 0.25) is 0 Å². The maximum Gasteiger partial charge on any atom is 0.243 e. The van der Waals surface area contributed by atoms with Gasteiger partial charge in [-0.15, -0.1) is 0 Å². The fourth-order valence-corrected chi connectivity index (χ4v) is 4.22. The molecule has 1 amide bonds. The molecule has 0 aliphatic rings. The average Bonchev–Trinajstić information content (AvgIpc) is 2.71. The average molecular weight is 423 g/mol. The van der Waals surface area contributed by atoms with Gasteiger partial charge in [0.05, 0.1) is 11.5 Å². The van der Waals surface area contributed by atoms with Gasteiger partial charge in [0.15, 0.2) is 0 Å². The van der Waals surface area contributed by atoms with Crippen LogP contribution in [0.3, 0.4) is 0 Å². The third kappa shape index (κ3) is 6.83. The molecular formula is C21H27FN2O4S. The van der Waals surface area contributed by atoms with Crippen LogP contribution in [-0.4, -0.2) is 38.3 Å². The minimum Gasteiger partial charge on any atom is -0.493 e. The van der Waals surface area contributed by atoms with E-state index in [0.29, 0.717) is 38.4 Å². The summed E-state index contributed by atoms with van der Waals surface area (Å²) in [6.45, 7) is 5.06. The standard InChI is InChI=1S/C21H27FN2O4S/c1-3-24(4-2)29(26,27)20-12-10-17(11-13-20)16-23-21(25)9-6-14-28-19-8-5-7-18(22)15-19/h5,7-8,10-13,15H,3-4,6,9,14,16H2,1-2H3,(H,23,25). The number of benzene rings is 2. The van der Waals surface area contributed by atoms with E-state index in [4.69, 9.17) is 4.74 Å². The lowest BCUT2D eigenvalue weighted by Gasteiger charge is -2.18. The normalized spacial score (nSPS) is 11.4. The van der Waals surface area contributed by atoms with Gasteiger partial charge in [-0.1, -0.05) is 32.0 Å².